The Kier molecular flexibility index (Phi) is 3.35. The number of hydrogen-bond donors (Lipinski definition) is 0. The van der Waals surface area contributed by atoms with E-state index in [4.69, 9.17) is 23.2 Å². The van der Waals surface area contributed by atoms with Crippen LogP contribution in [0.3, 0.4) is 0 Å². The van der Waals surface area contributed by atoms with E-state index in [0.717, 1.165) is 15.5 Å². The van der Waals surface area contributed by atoms with Crippen LogP contribution in [0, 0.1) is 6.92 Å². The summed E-state index contributed by atoms with van der Waals surface area (Å²) in [5, 5.41) is 1.90. The number of aryl methyl sites for hydroxylation is 1. The first-order chi connectivity index (χ1) is 7.16. The summed E-state index contributed by atoms with van der Waals surface area (Å²) >= 11 is 13.7. The summed E-state index contributed by atoms with van der Waals surface area (Å²) in [5.41, 5.74) is 3.42. The molecule has 0 aliphatic heterocycles. The highest BCUT2D eigenvalue weighted by molar-refractivity contribution is 7.14. The van der Waals surface area contributed by atoms with E-state index < -0.39 is 0 Å². The highest BCUT2D eigenvalue weighted by Gasteiger charge is 2.11. The lowest BCUT2D eigenvalue weighted by Gasteiger charge is -2.07. The number of alkyl halides is 1. The minimum Gasteiger partial charge on any atom is -0.132 e. The molecule has 0 spiro atoms. The van der Waals surface area contributed by atoms with Crippen LogP contribution in [0.1, 0.15) is 22.1 Å². The molecule has 0 nitrogen and oxygen atoms in total. The second kappa shape index (κ2) is 4.56. The van der Waals surface area contributed by atoms with E-state index in [1.807, 2.05) is 11.4 Å². The van der Waals surface area contributed by atoms with Crippen molar-refractivity contribution in [1.82, 2.24) is 0 Å². The minimum atomic E-state index is -0.102. The molecule has 0 aliphatic rings. The first-order valence-electron chi connectivity index (χ1n) is 4.61. The van der Waals surface area contributed by atoms with Crippen molar-refractivity contribution in [3.8, 4) is 0 Å². The van der Waals surface area contributed by atoms with Crippen LogP contribution in [-0.4, -0.2) is 0 Å². The first kappa shape index (κ1) is 11.0. The quantitative estimate of drug-likeness (QED) is 0.661. The topological polar surface area (TPSA) is 0 Å². The van der Waals surface area contributed by atoms with E-state index in [0.29, 0.717) is 0 Å². The Bertz CT molecular complexity index is 445. The zero-order valence-electron chi connectivity index (χ0n) is 8.21. The number of benzene rings is 1. The fraction of sp³-hybridized carbons (Fsp3) is 0.167. The second-order valence-corrected chi connectivity index (χ2v) is 5.44. The third-order valence-corrected chi connectivity index (χ3v) is 3.86. The van der Waals surface area contributed by atoms with Crippen LogP contribution in [0.4, 0.5) is 0 Å². The molecule has 0 saturated carbocycles. The number of hydrogen-bond acceptors (Lipinski definition) is 1. The summed E-state index contributed by atoms with van der Waals surface area (Å²) < 4.78 is 0.780. The van der Waals surface area contributed by atoms with Crippen LogP contribution in [0.5, 0.6) is 0 Å². The van der Waals surface area contributed by atoms with Gasteiger partial charge in [0.15, 0.2) is 0 Å². The molecule has 1 heterocycles. The van der Waals surface area contributed by atoms with E-state index in [2.05, 4.69) is 31.2 Å². The van der Waals surface area contributed by atoms with Crippen molar-refractivity contribution in [2.24, 2.45) is 0 Å². The second-order valence-electron chi connectivity index (χ2n) is 3.46. The summed E-state index contributed by atoms with van der Waals surface area (Å²) in [6.07, 6.45) is 0. The summed E-state index contributed by atoms with van der Waals surface area (Å²) in [5.74, 6) is 0. The molecule has 2 rings (SSSR count). The number of thiophene rings is 1. The summed E-state index contributed by atoms with van der Waals surface area (Å²) in [7, 11) is 0. The van der Waals surface area contributed by atoms with Crippen LogP contribution < -0.4 is 0 Å². The van der Waals surface area contributed by atoms with E-state index in [-0.39, 0.29) is 5.38 Å². The average molecular weight is 257 g/mol. The lowest BCUT2D eigenvalue weighted by molar-refractivity contribution is 1.15. The van der Waals surface area contributed by atoms with Crippen molar-refractivity contribution in [2.45, 2.75) is 12.3 Å². The van der Waals surface area contributed by atoms with Gasteiger partial charge in [0.05, 0.1) is 9.71 Å². The Hall–Kier alpha value is -0.500. The van der Waals surface area contributed by atoms with Crippen LogP contribution in [0.25, 0.3) is 0 Å². The molecule has 3 heteroatoms. The summed E-state index contributed by atoms with van der Waals surface area (Å²) in [4.78, 5) is 0. The van der Waals surface area contributed by atoms with Gasteiger partial charge in [0.25, 0.3) is 0 Å². The maximum Gasteiger partial charge on any atom is 0.0931 e. The number of rotatable bonds is 2. The molecule has 0 radical (unpaired) electrons. The Balaban J connectivity index is 2.28. The Labute approximate surface area is 103 Å². The molecule has 0 N–H and O–H groups in total. The van der Waals surface area contributed by atoms with Gasteiger partial charge in [-0.05, 0) is 29.5 Å². The van der Waals surface area contributed by atoms with Crippen molar-refractivity contribution in [1.29, 1.82) is 0 Å². The van der Waals surface area contributed by atoms with Gasteiger partial charge in [-0.2, -0.15) is 0 Å². The van der Waals surface area contributed by atoms with Gasteiger partial charge in [0.2, 0.25) is 0 Å². The van der Waals surface area contributed by atoms with Gasteiger partial charge in [0.1, 0.15) is 0 Å². The van der Waals surface area contributed by atoms with E-state index >= 15 is 0 Å². The Morgan fingerprint density at radius 2 is 1.80 bits per heavy atom. The van der Waals surface area contributed by atoms with Crippen molar-refractivity contribution in [2.75, 3.05) is 0 Å². The molecule has 1 aromatic heterocycles. The van der Waals surface area contributed by atoms with Gasteiger partial charge in [-0.3, -0.25) is 0 Å². The predicted molar refractivity (Wildman–Crippen MR) is 68.2 cm³/mol. The van der Waals surface area contributed by atoms with Crippen molar-refractivity contribution in [3.63, 3.8) is 0 Å². The SMILES string of the molecule is Cc1ccc(C(Cl)c2csc(Cl)c2)cc1. The molecule has 1 aromatic carbocycles. The zero-order valence-corrected chi connectivity index (χ0v) is 10.5. The largest absolute Gasteiger partial charge is 0.132 e. The monoisotopic (exact) mass is 256 g/mol. The third-order valence-electron chi connectivity index (χ3n) is 2.25. The van der Waals surface area contributed by atoms with E-state index in [1.165, 1.54) is 16.9 Å². The maximum atomic E-state index is 6.35. The van der Waals surface area contributed by atoms with Gasteiger partial charge in [-0.25, -0.2) is 0 Å². The predicted octanol–water partition coefficient (Wildman–Crippen LogP) is 5.04. The first-order valence-corrected chi connectivity index (χ1v) is 6.31. The molecule has 1 unspecified atom stereocenters. The lowest BCUT2D eigenvalue weighted by Crippen LogP contribution is -1.90. The summed E-state index contributed by atoms with van der Waals surface area (Å²) in [6, 6.07) is 10.2. The normalized spacial score (nSPS) is 12.7. The Morgan fingerprint density at radius 3 is 2.33 bits per heavy atom. The summed E-state index contributed by atoms with van der Waals surface area (Å²) in [6.45, 7) is 2.06. The lowest BCUT2D eigenvalue weighted by atomic mass is 10.1. The van der Waals surface area contributed by atoms with E-state index in [1.54, 1.807) is 0 Å². The van der Waals surface area contributed by atoms with Crippen LogP contribution in [0.2, 0.25) is 4.34 Å². The molecule has 78 valence electrons. The fourth-order valence-corrected chi connectivity index (χ4v) is 2.65. The highest BCUT2D eigenvalue weighted by atomic mass is 35.5. The molecular weight excluding hydrogens is 247 g/mol. The fourth-order valence-electron chi connectivity index (χ4n) is 1.38. The smallest absolute Gasteiger partial charge is 0.0931 e. The molecule has 15 heavy (non-hydrogen) atoms. The molecule has 1 atom stereocenters. The van der Waals surface area contributed by atoms with Crippen LogP contribution in [0.15, 0.2) is 35.7 Å². The van der Waals surface area contributed by atoms with Gasteiger partial charge in [-0.15, -0.1) is 22.9 Å². The van der Waals surface area contributed by atoms with Crippen molar-refractivity contribution >= 4 is 34.5 Å². The third kappa shape index (κ3) is 2.54. The molecule has 0 aliphatic carbocycles. The van der Waals surface area contributed by atoms with E-state index in [9.17, 15) is 0 Å². The van der Waals surface area contributed by atoms with Crippen LogP contribution in [-0.2, 0) is 0 Å². The van der Waals surface area contributed by atoms with Gasteiger partial charge in [-0.1, -0.05) is 41.4 Å². The molecule has 0 fully saturated rings. The molecular formula is C12H10Cl2S. The van der Waals surface area contributed by atoms with Crippen LogP contribution >= 0.6 is 34.5 Å². The van der Waals surface area contributed by atoms with Crippen molar-refractivity contribution < 1.29 is 0 Å². The standard InChI is InChI=1S/C12H10Cl2S/c1-8-2-4-9(5-3-8)12(14)10-6-11(13)15-7-10/h2-7,12H,1H3. The van der Waals surface area contributed by atoms with Gasteiger partial charge >= 0.3 is 0 Å². The number of halogens is 2. The minimum absolute atomic E-state index is 0.102. The molecule has 0 saturated heterocycles. The average Bonchev–Trinajstić information content (AvgIpc) is 2.65. The van der Waals surface area contributed by atoms with Crippen molar-refractivity contribution in [3.05, 3.63) is 56.7 Å². The van der Waals surface area contributed by atoms with Gasteiger partial charge < -0.3 is 0 Å². The molecule has 0 amide bonds. The Morgan fingerprint density at radius 1 is 1.13 bits per heavy atom. The molecule has 2 aromatic rings. The zero-order chi connectivity index (χ0) is 10.8. The highest BCUT2D eigenvalue weighted by Crippen LogP contribution is 2.33. The molecule has 0 bridgehead atoms. The van der Waals surface area contributed by atoms with Gasteiger partial charge in [0, 0.05) is 0 Å². The maximum absolute atomic E-state index is 6.35.